The van der Waals surface area contributed by atoms with Crippen molar-refractivity contribution >= 4 is 23.2 Å². The summed E-state index contributed by atoms with van der Waals surface area (Å²) in [5, 5.41) is 3.32. The van der Waals surface area contributed by atoms with Gasteiger partial charge in [-0.1, -0.05) is 13.8 Å². The Hall–Kier alpha value is -1.96. The minimum Gasteiger partial charge on any atom is -0.466 e. The average Bonchev–Trinajstić information content (AvgIpc) is 2.41. The maximum absolute atomic E-state index is 11.4. The van der Waals surface area contributed by atoms with Crippen LogP contribution in [0, 0.1) is 5.92 Å². The van der Waals surface area contributed by atoms with Crippen molar-refractivity contribution in [2.45, 2.75) is 13.8 Å². The minimum absolute atomic E-state index is 0.168. The van der Waals surface area contributed by atoms with Gasteiger partial charge in [0.1, 0.15) is 0 Å². The van der Waals surface area contributed by atoms with E-state index in [0.29, 0.717) is 11.0 Å². The number of nitrogens with zero attached hydrogens (tertiary/aromatic N) is 2. The van der Waals surface area contributed by atoms with Gasteiger partial charge in [-0.05, 0) is 18.1 Å². The van der Waals surface area contributed by atoms with E-state index in [4.69, 9.17) is 17.0 Å². The fourth-order valence-electron chi connectivity index (χ4n) is 1.00. The third-order valence-electron chi connectivity index (χ3n) is 1.88. The second-order valence-electron chi connectivity index (χ2n) is 4.11. The largest absolute Gasteiger partial charge is 0.466 e. The molecule has 3 N–H and O–H groups in total. The van der Waals surface area contributed by atoms with Crippen LogP contribution < -0.4 is 20.9 Å². The lowest BCUT2D eigenvalue weighted by molar-refractivity contribution is -0.123. The highest BCUT2D eigenvalue weighted by Crippen LogP contribution is 1.99. The summed E-state index contributed by atoms with van der Waals surface area (Å²) in [7, 11) is 0. The van der Waals surface area contributed by atoms with Crippen LogP contribution in [0.25, 0.3) is 0 Å². The summed E-state index contributed by atoms with van der Waals surface area (Å²) in [6.07, 6.45) is 4.43. The number of hydrazine groups is 1. The number of carbonyl (C=O) groups excluding carboxylic acids is 1. The molecule has 0 radical (unpaired) electrons. The zero-order valence-corrected chi connectivity index (χ0v) is 11.7. The first-order valence-corrected chi connectivity index (χ1v) is 6.20. The Kier molecular flexibility index (Phi) is 6.51. The van der Waals surface area contributed by atoms with E-state index in [0.717, 1.165) is 6.54 Å². The third kappa shape index (κ3) is 7.14. The van der Waals surface area contributed by atoms with E-state index in [1.54, 1.807) is 0 Å². The van der Waals surface area contributed by atoms with Gasteiger partial charge < -0.3 is 10.1 Å². The predicted octanol–water partition coefficient (Wildman–Crippen LogP) is 0.00670. The summed E-state index contributed by atoms with van der Waals surface area (Å²) in [6.45, 7) is 4.68. The van der Waals surface area contributed by atoms with Crippen molar-refractivity contribution in [3.63, 3.8) is 0 Å². The van der Waals surface area contributed by atoms with Gasteiger partial charge in [-0.2, -0.15) is 0 Å². The lowest BCUT2D eigenvalue weighted by Crippen LogP contribution is -2.48. The molecule has 19 heavy (non-hydrogen) atoms. The smallest absolute Gasteiger partial charge is 0.276 e. The first kappa shape index (κ1) is 15.1. The van der Waals surface area contributed by atoms with Gasteiger partial charge in [-0.25, -0.2) is 4.98 Å². The molecular weight excluding hydrogens is 266 g/mol. The molecule has 1 heterocycles. The molecule has 1 aromatic heterocycles. The fraction of sp³-hybridized carbons (Fsp3) is 0.455. The number of hydrogen-bond donors (Lipinski definition) is 3. The molecule has 0 aliphatic rings. The zero-order chi connectivity index (χ0) is 14.1. The van der Waals surface area contributed by atoms with Crippen LogP contribution in [0.1, 0.15) is 13.8 Å². The van der Waals surface area contributed by atoms with Gasteiger partial charge in [-0.15, -0.1) is 0 Å². The number of hydrogen-bond acceptors (Lipinski definition) is 5. The van der Waals surface area contributed by atoms with Crippen LogP contribution in [-0.4, -0.2) is 34.1 Å². The van der Waals surface area contributed by atoms with E-state index in [-0.39, 0.29) is 18.4 Å². The topological polar surface area (TPSA) is 88.2 Å². The second kappa shape index (κ2) is 8.20. The average molecular weight is 283 g/mol. The van der Waals surface area contributed by atoms with Crippen LogP contribution in [0.3, 0.4) is 0 Å². The van der Waals surface area contributed by atoms with Gasteiger partial charge in [0, 0.05) is 18.9 Å². The van der Waals surface area contributed by atoms with Gasteiger partial charge in [0.25, 0.3) is 5.91 Å². The molecule has 104 valence electrons. The molecule has 0 saturated heterocycles. The number of aromatic nitrogens is 2. The highest BCUT2D eigenvalue weighted by atomic mass is 32.1. The summed E-state index contributed by atoms with van der Waals surface area (Å²) >= 11 is 4.97. The van der Waals surface area contributed by atoms with Gasteiger partial charge in [0.05, 0.1) is 6.20 Å². The lowest BCUT2D eigenvalue weighted by atomic mass is 10.2. The molecule has 1 amide bonds. The maximum Gasteiger partial charge on any atom is 0.276 e. The third-order valence-corrected chi connectivity index (χ3v) is 2.12. The molecule has 0 fully saturated rings. The van der Waals surface area contributed by atoms with Gasteiger partial charge >= 0.3 is 0 Å². The summed E-state index contributed by atoms with van der Waals surface area (Å²) < 4.78 is 5.11. The Morgan fingerprint density at radius 1 is 1.42 bits per heavy atom. The standard InChI is InChI=1S/C11H17N5O2S/c1-8(2)5-14-11(19)16-15-9(17)7-18-10-6-12-3-4-13-10/h3-4,6,8H,5,7H2,1-2H3,(H,15,17)(H2,14,16,19). The number of rotatable bonds is 5. The molecule has 0 saturated carbocycles. The van der Waals surface area contributed by atoms with Crippen molar-refractivity contribution in [1.82, 2.24) is 26.1 Å². The van der Waals surface area contributed by atoms with Crippen LogP contribution in [0.2, 0.25) is 0 Å². The highest BCUT2D eigenvalue weighted by Gasteiger charge is 2.04. The van der Waals surface area contributed by atoms with E-state index in [2.05, 4.69) is 40.0 Å². The fourth-order valence-corrected chi connectivity index (χ4v) is 1.14. The second-order valence-corrected chi connectivity index (χ2v) is 4.52. The Balaban J connectivity index is 2.16. The van der Waals surface area contributed by atoms with Crippen LogP contribution in [0.5, 0.6) is 5.88 Å². The summed E-state index contributed by atoms with van der Waals surface area (Å²) in [5.74, 6) is 0.396. The molecular formula is C11H17N5O2S. The number of amides is 1. The Morgan fingerprint density at radius 2 is 2.21 bits per heavy atom. The molecule has 1 aromatic rings. The molecule has 0 bridgehead atoms. The number of ether oxygens (including phenoxy) is 1. The monoisotopic (exact) mass is 283 g/mol. The predicted molar refractivity (Wildman–Crippen MR) is 74.2 cm³/mol. The molecule has 8 heteroatoms. The Morgan fingerprint density at radius 3 is 2.84 bits per heavy atom. The van der Waals surface area contributed by atoms with Gasteiger partial charge in [0.15, 0.2) is 11.7 Å². The first-order chi connectivity index (χ1) is 9.08. The summed E-state index contributed by atoms with van der Waals surface area (Å²) in [5.41, 5.74) is 4.99. The molecule has 0 aromatic carbocycles. The summed E-state index contributed by atoms with van der Waals surface area (Å²) in [6, 6.07) is 0. The van der Waals surface area contributed by atoms with Crippen LogP contribution in [-0.2, 0) is 4.79 Å². The van der Waals surface area contributed by atoms with Crippen molar-refractivity contribution in [3.8, 4) is 5.88 Å². The minimum atomic E-state index is -0.362. The van der Waals surface area contributed by atoms with Crippen LogP contribution in [0.15, 0.2) is 18.6 Å². The maximum atomic E-state index is 11.4. The van der Waals surface area contributed by atoms with Crippen molar-refractivity contribution in [2.24, 2.45) is 5.92 Å². The molecule has 0 spiro atoms. The van der Waals surface area contributed by atoms with Crippen molar-refractivity contribution < 1.29 is 9.53 Å². The van der Waals surface area contributed by atoms with Crippen molar-refractivity contribution in [1.29, 1.82) is 0 Å². The Bertz CT molecular complexity index is 413. The molecule has 0 aliphatic carbocycles. The molecule has 0 aliphatic heterocycles. The molecule has 7 nitrogen and oxygen atoms in total. The Labute approximate surface area is 117 Å². The van der Waals surface area contributed by atoms with E-state index in [1.165, 1.54) is 18.6 Å². The summed E-state index contributed by atoms with van der Waals surface area (Å²) in [4.78, 5) is 19.1. The molecule has 0 atom stereocenters. The van der Waals surface area contributed by atoms with Gasteiger partial charge in [-0.3, -0.25) is 20.6 Å². The lowest BCUT2D eigenvalue weighted by Gasteiger charge is -2.12. The normalized spacial score (nSPS) is 9.84. The van der Waals surface area contributed by atoms with E-state index < -0.39 is 0 Å². The highest BCUT2D eigenvalue weighted by molar-refractivity contribution is 7.80. The molecule has 0 unspecified atom stereocenters. The van der Waals surface area contributed by atoms with Gasteiger partial charge in [0.2, 0.25) is 5.88 Å². The van der Waals surface area contributed by atoms with Crippen molar-refractivity contribution in [3.05, 3.63) is 18.6 Å². The zero-order valence-electron chi connectivity index (χ0n) is 10.8. The first-order valence-electron chi connectivity index (χ1n) is 5.79. The van der Waals surface area contributed by atoms with E-state index in [9.17, 15) is 4.79 Å². The number of carbonyl (C=O) groups is 1. The van der Waals surface area contributed by atoms with Crippen LogP contribution >= 0.6 is 12.2 Å². The van der Waals surface area contributed by atoms with E-state index >= 15 is 0 Å². The molecule has 1 rings (SSSR count). The number of thiocarbonyl (C=S) groups is 1. The SMILES string of the molecule is CC(C)CNC(=S)NNC(=O)COc1cnccn1. The quantitative estimate of drug-likeness (QED) is 0.518. The van der Waals surface area contributed by atoms with E-state index in [1.807, 2.05) is 0 Å². The number of nitrogens with one attached hydrogen (secondary N) is 3. The van der Waals surface area contributed by atoms with Crippen molar-refractivity contribution in [2.75, 3.05) is 13.2 Å². The van der Waals surface area contributed by atoms with Crippen LogP contribution in [0.4, 0.5) is 0 Å².